The van der Waals surface area contributed by atoms with Gasteiger partial charge < -0.3 is 15.6 Å². The van der Waals surface area contributed by atoms with Crippen LogP contribution in [0.1, 0.15) is 0 Å². The van der Waals surface area contributed by atoms with Gasteiger partial charge in [-0.3, -0.25) is 0 Å². The summed E-state index contributed by atoms with van der Waals surface area (Å²) in [6.45, 7) is 0. The molecule has 0 aliphatic heterocycles. The fourth-order valence-corrected chi connectivity index (χ4v) is 1.23. The Labute approximate surface area is 80.2 Å². The van der Waals surface area contributed by atoms with Gasteiger partial charge in [-0.05, 0) is 6.07 Å². The molecule has 2 aromatic rings. The van der Waals surface area contributed by atoms with Gasteiger partial charge in [0.15, 0.2) is 0 Å². The Bertz CT molecular complexity index is 485. The van der Waals surface area contributed by atoms with E-state index in [1.807, 2.05) is 0 Å². The van der Waals surface area contributed by atoms with Crippen LogP contribution >= 0.6 is 0 Å². The van der Waals surface area contributed by atoms with E-state index in [-0.39, 0.29) is 11.7 Å². The number of fused-ring (bicyclic) bond motifs is 1. The smallest absolute Gasteiger partial charge is 0.220 e. The number of methoxy groups -OCH3 is 1. The number of anilines is 1. The van der Waals surface area contributed by atoms with Crippen molar-refractivity contribution in [1.29, 1.82) is 0 Å². The minimum absolute atomic E-state index is 0.0356. The number of rotatable bonds is 1. The number of aromatic hydroxyl groups is 1. The number of aromatic nitrogens is 2. The van der Waals surface area contributed by atoms with E-state index < -0.39 is 0 Å². The molecule has 2 rings (SSSR count). The summed E-state index contributed by atoms with van der Waals surface area (Å²) in [7, 11) is 1.53. The van der Waals surface area contributed by atoms with Crippen molar-refractivity contribution in [2.75, 3.05) is 12.8 Å². The molecule has 0 amide bonds. The van der Waals surface area contributed by atoms with Crippen LogP contribution in [0, 0.1) is 0 Å². The van der Waals surface area contributed by atoms with E-state index in [0.29, 0.717) is 16.7 Å². The fraction of sp³-hybridized carbons (Fsp3) is 0.111. The van der Waals surface area contributed by atoms with Crippen LogP contribution in [0.15, 0.2) is 18.3 Å². The molecule has 72 valence electrons. The van der Waals surface area contributed by atoms with Crippen LogP contribution in [0.5, 0.6) is 11.5 Å². The molecule has 0 atom stereocenters. The summed E-state index contributed by atoms with van der Waals surface area (Å²) in [5, 5.41) is 10.3. The number of nitrogens with zero attached hydrogens (tertiary/aromatic N) is 2. The Morgan fingerprint density at radius 2 is 2.21 bits per heavy atom. The average Bonchev–Trinajstić information content (AvgIpc) is 2.19. The number of nitrogen functional groups attached to an aromatic ring is 1. The van der Waals surface area contributed by atoms with Crippen LogP contribution in [0.3, 0.4) is 0 Å². The highest BCUT2D eigenvalue weighted by atomic mass is 16.5. The Morgan fingerprint density at radius 1 is 1.43 bits per heavy atom. The highest BCUT2D eigenvalue weighted by Crippen LogP contribution is 2.28. The topological polar surface area (TPSA) is 81.3 Å². The van der Waals surface area contributed by atoms with Gasteiger partial charge in [0, 0.05) is 17.6 Å². The Morgan fingerprint density at radius 3 is 2.93 bits per heavy atom. The minimum atomic E-state index is 0.0356. The molecule has 5 heteroatoms. The molecule has 0 unspecified atom stereocenters. The molecule has 1 aromatic heterocycles. The van der Waals surface area contributed by atoms with Gasteiger partial charge in [0.05, 0.1) is 7.11 Å². The lowest BCUT2D eigenvalue weighted by Crippen LogP contribution is -1.94. The summed E-state index contributed by atoms with van der Waals surface area (Å²) in [6.07, 6.45) is 1.54. The molecule has 0 bridgehead atoms. The quantitative estimate of drug-likeness (QED) is 0.700. The van der Waals surface area contributed by atoms with Crippen molar-refractivity contribution in [3.8, 4) is 11.5 Å². The second-order valence-electron chi connectivity index (χ2n) is 2.81. The molecular formula is C9H9N3O2. The lowest BCUT2D eigenvalue weighted by atomic mass is 10.2. The predicted octanol–water partition coefficient (Wildman–Crippen LogP) is 0.926. The number of ether oxygens (including phenoxy) is 1. The third kappa shape index (κ3) is 1.28. The molecule has 0 saturated carbocycles. The van der Waals surface area contributed by atoms with Crippen molar-refractivity contribution in [2.45, 2.75) is 0 Å². The molecule has 0 saturated heterocycles. The van der Waals surface area contributed by atoms with Crippen LogP contribution < -0.4 is 10.5 Å². The Balaban J connectivity index is 2.76. The number of hydrogen-bond acceptors (Lipinski definition) is 5. The van der Waals surface area contributed by atoms with Gasteiger partial charge in [0.1, 0.15) is 17.0 Å². The number of phenolic OH excluding ortho intramolecular Hbond substituents is 1. The zero-order chi connectivity index (χ0) is 10.1. The molecule has 3 N–H and O–H groups in total. The molecule has 0 aliphatic carbocycles. The van der Waals surface area contributed by atoms with Crippen molar-refractivity contribution >= 4 is 16.9 Å². The largest absolute Gasteiger partial charge is 0.506 e. The van der Waals surface area contributed by atoms with Gasteiger partial charge in [-0.2, -0.15) is 0 Å². The number of nitrogens with two attached hydrogens (primary N) is 1. The van der Waals surface area contributed by atoms with Crippen LogP contribution in [0.4, 0.5) is 5.95 Å². The third-order valence-electron chi connectivity index (χ3n) is 1.89. The standard InChI is InChI=1S/C9H9N3O2/c1-14-6-2-5-4-11-9(10)12-8(5)7(13)3-6/h2-4,13H,1H3,(H2,10,11,12). The third-order valence-corrected chi connectivity index (χ3v) is 1.89. The van der Waals surface area contributed by atoms with Crippen molar-refractivity contribution in [3.63, 3.8) is 0 Å². The van der Waals surface area contributed by atoms with Gasteiger partial charge >= 0.3 is 0 Å². The molecular weight excluding hydrogens is 182 g/mol. The second kappa shape index (κ2) is 3.02. The van der Waals surface area contributed by atoms with Crippen molar-refractivity contribution < 1.29 is 9.84 Å². The first-order valence-corrected chi connectivity index (χ1v) is 4.00. The van der Waals surface area contributed by atoms with Crippen LogP contribution in [0.25, 0.3) is 10.9 Å². The first kappa shape index (κ1) is 8.55. The molecule has 0 spiro atoms. The molecule has 0 fully saturated rings. The van der Waals surface area contributed by atoms with Gasteiger partial charge in [0.25, 0.3) is 0 Å². The van der Waals surface area contributed by atoms with Gasteiger partial charge in [-0.15, -0.1) is 0 Å². The van der Waals surface area contributed by atoms with E-state index in [2.05, 4.69) is 9.97 Å². The highest BCUT2D eigenvalue weighted by molar-refractivity contribution is 5.85. The van der Waals surface area contributed by atoms with E-state index in [1.165, 1.54) is 13.2 Å². The maximum absolute atomic E-state index is 9.58. The molecule has 5 nitrogen and oxygen atoms in total. The number of benzene rings is 1. The van der Waals surface area contributed by atoms with Crippen molar-refractivity contribution in [2.24, 2.45) is 0 Å². The van der Waals surface area contributed by atoms with Crippen LogP contribution in [-0.4, -0.2) is 22.2 Å². The lowest BCUT2D eigenvalue weighted by Gasteiger charge is -2.04. The Hall–Kier alpha value is -2.04. The summed E-state index contributed by atoms with van der Waals surface area (Å²) in [5.74, 6) is 0.731. The molecule has 1 aromatic carbocycles. The number of hydrogen-bond donors (Lipinski definition) is 2. The second-order valence-corrected chi connectivity index (χ2v) is 2.81. The van der Waals surface area contributed by atoms with Gasteiger partial charge in [-0.1, -0.05) is 0 Å². The van der Waals surface area contributed by atoms with Crippen LogP contribution in [-0.2, 0) is 0 Å². The summed E-state index contributed by atoms with van der Waals surface area (Å²) in [4.78, 5) is 7.74. The lowest BCUT2D eigenvalue weighted by molar-refractivity contribution is 0.409. The van der Waals surface area contributed by atoms with Gasteiger partial charge in [0.2, 0.25) is 5.95 Å². The fourth-order valence-electron chi connectivity index (χ4n) is 1.23. The maximum atomic E-state index is 9.58. The van der Waals surface area contributed by atoms with Crippen LogP contribution in [0.2, 0.25) is 0 Å². The van der Waals surface area contributed by atoms with E-state index in [9.17, 15) is 5.11 Å². The average molecular weight is 191 g/mol. The van der Waals surface area contributed by atoms with E-state index in [0.717, 1.165) is 0 Å². The summed E-state index contributed by atoms with van der Waals surface area (Å²) in [5.41, 5.74) is 5.83. The summed E-state index contributed by atoms with van der Waals surface area (Å²) < 4.78 is 4.99. The highest BCUT2D eigenvalue weighted by Gasteiger charge is 2.05. The SMILES string of the molecule is COc1cc(O)c2nc(N)ncc2c1. The number of phenols is 1. The molecule has 0 aliphatic rings. The molecule has 1 heterocycles. The normalized spacial score (nSPS) is 10.4. The zero-order valence-corrected chi connectivity index (χ0v) is 7.56. The van der Waals surface area contributed by atoms with E-state index >= 15 is 0 Å². The Kier molecular flexibility index (Phi) is 1.85. The first-order chi connectivity index (χ1) is 6.70. The molecule has 0 radical (unpaired) electrons. The maximum Gasteiger partial charge on any atom is 0.220 e. The molecule has 14 heavy (non-hydrogen) atoms. The van der Waals surface area contributed by atoms with Crippen molar-refractivity contribution in [1.82, 2.24) is 9.97 Å². The monoisotopic (exact) mass is 191 g/mol. The minimum Gasteiger partial charge on any atom is -0.506 e. The van der Waals surface area contributed by atoms with E-state index in [4.69, 9.17) is 10.5 Å². The first-order valence-electron chi connectivity index (χ1n) is 4.00. The summed E-state index contributed by atoms with van der Waals surface area (Å²) >= 11 is 0. The van der Waals surface area contributed by atoms with Gasteiger partial charge in [-0.25, -0.2) is 9.97 Å². The van der Waals surface area contributed by atoms with Crippen molar-refractivity contribution in [3.05, 3.63) is 18.3 Å². The predicted molar refractivity (Wildman–Crippen MR) is 52.2 cm³/mol. The summed E-state index contributed by atoms with van der Waals surface area (Å²) in [6, 6.07) is 3.21. The van der Waals surface area contributed by atoms with E-state index in [1.54, 1.807) is 12.3 Å². The zero-order valence-electron chi connectivity index (χ0n) is 7.56.